The average Bonchev–Trinajstić information content (AvgIpc) is 2.76. The molecule has 0 saturated heterocycles. The standard InChI is InChI=1S/C25H26N2O3S/c1-31(29,30)27-23-15-12-20(13-16-23)14-17-25(28)26-19-18-24(21-8-4-2-5-9-21)22-10-6-3-7-11-22/h2-17,24,27H,18-19H2,1H3,(H,26,28)/b17-14+. The van der Waals surface area contributed by atoms with Crippen molar-refractivity contribution in [1.29, 1.82) is 0 Å². The monoisotopic (exact) mass is 434 g/mol. The lowest BCUT2D eigenvalue weighted by molar-refractivity contribution is -0.116. The number of benzene rings is 3. The fraction of sp³-hybridized carbons (Fsp3) is 0.160. The van der Waals surface area contributed by atoms with Crippen LogP contribution >= 0.6 is 0 Å². The van der Waals surface area contributed by atoms with Crippen molar-refractivity contribution >= 4 is 27.7 Å². The molecule has 0 aliphatic carbocycles. The van der Waals surface area contributed by atoms with Gasteiger partial charge < -0.3 is 5.32 Å². The highest BCUT2D eigenvalue weighted by molar-refractivity contribution is 7.92. The Kier molecular flexibility index (Phi) is 7.62. The predicted molar refractivity (Wildman–Crippen MR) is 126 cm³/mol. The number of hydrogen-bond acceptors (Lipinski definition) is 3. The van der Waals surface area contributed by atoms with Gasteiger partial charge in [-0.05, 0) is 41.3 Å². The molecule has 1 amide bonds. The first kappa shape index (κ1) is 22.3. The molecular formula is C25H26N2O3S. The van der Waals surface area contributed by atoms with Crippen LogP contribution in [0.4, 0.5) is 5.69 Å². The lowest BCUT2D eigenvalue weighted by Gasteiger charge is -2.18. The maximum Gasteiger partial charge on any atom is 0.243 e. The van der Waals surface area contributed by atoms with E-state index in [1.165, 1.54) is 17.2 Å². The zero-order chi connectivity index (χ0) is 22.1. The van der Waals surface area contributed by atoms with E-state index in [2.05, 4.69) is 34.3 Å². The highest BCUT2D eigenvalue weighted by Crippen LogP contribution is 2.27. The number of sulfonamides is 1. The molecule has 0 atom stereocenters. The SMILES string of the molecule is CS(=O)(=O)Nc1ccc(/C=C/C(=O)NCCC(c2ccccc2)c2ccccc2)cc1. The van der Waals surface area contributed by atoms with Crippen molar-refractivity contribution in [3.8, 4) is 0 Å². The summed E-state index contributed by atoms with van der Waals surface area (Å²) < 4.78 is 24.9. The van der Waals surface area contributed by atoms with Crippen molar-refractivity contribution in [3.63, 3.8) is 0 Å². The number of anilines is 1. The number of amides is 1. The molecule has 6 heteroatoms. The van der Waals surface area contributed by atoms with Crippen LogP contribution in [0.3, 0.4) is 0 Å². The van der Waals surface area contributed by atoms with Gasteiger partial charge in [-0.1, -0.05) is 72.8 Å². The normalized spacial score (nSPS) is 11.5. The quantitative estimate of drug-likeness (QED) is 0.490. The van der Waals surface area contributed by atoms with Gasteiger partial charge in [-0.2, -0.15) is 0 Å². The molecule has 5 nitrogen and oxygen atoms in total. The molecule has 31 heavy (non-hydrogen) atoms. The highest BCUT2D eigenvalue weighted by Gasteiger charge is 2.13. The second kappa shape index (κ2) is 10.6. The Morgan fingerprint density at radius 3 is 1.94 bits per heavy atom. The smallest absolute Gasteiger partial charge is 0.243 e. The molecular weight excluding hydrogens is 408 g/mol. The second-order valence-electron chi connectivity index (χ2n) is 7.28. The molecule has 0 unspecified atom stereocenters. The summed E-state index contributed by atoms with van der Waals surface area (Å²) in [6.07, 6.45) is 5.08. The fourth-order valence-corrected chi connectivity index (χ4v) is 3.91. The summed E-state index contributed by atoms with van der Waals surface area (Å²) in [5.41, 5.74) is 3.74. The van der Waals surface area contributed by atoms with Crippen LogP contribution in [0.1, 0.15) is 29.0 Å². The molecule has 2 N–H and O–H groups in total. The van der Waals surface area contributed by atoms with E-state index < -0.39 is 10.0 Å². The average molecular weight is 435 g/mol. The molecule has 0 saturated carbocycles. The summed E-state index contributed by atoms with van der Waals surface area (Å²) in [5, 5.41) is 2.95. The summed E-state index contributed by atoms with van der Waals surface area (Å²) in [5.74, 6) is 0.0415. The molecule has 0 fully saturated rings. The zero-order valence-corrected chi connectivity index (χ0v) is 18.2. The summed E-state index contributed by atoms with van der Waals surface area (Å²) >= 11 is 0. The van der Waals surface area contributed by atoms with Gasteiger partial charge in [0.1, 0.15) is 0 Å². The second-order valence-corrected chi connectivity index (χ2v) is 9.03. The highest BCUT2D eigenvalue weighted by atomic mass is 32.2. The third kappa shape index (κ3) is 7.42. The molecule has 160 valence electrons. The van der Waals surface area contributed by atoms with Crippen LogP contribution in [-0.4, -0.2) is 27.1 Å². The molecule has 0 heterocycles. The Morgan fingerprint density at radius 2 is 1.42 bits per heavy atom. The Bertz CT molecular complexity index is 1070. The molecule has 3 rings (SSSR count). The molecule has 0 aliphatic rings. The van der Waals surface area contributed by atoms with E-state index in [0.717, 1.165) is 18.2 Å². The Morgan fingerprint density at radius 1 is 0.871 bits per heavy atom. The van der Waals surface area contributed by atoms with Crippen molar-refractivity contribution in [1.82, 2.24) is 5.32 Å². The maximum atomic E-state index is 12.2. The summed E-state index contributed by atoms with van der Waals surface area (Å²) in [6.45, 7) is 0.550. The zero-order valence-electron chi connectivity index (χ0n) is 17.4. The van der Waals surface area contributed by atoms with Gasteiger partial charge in [-0.3, -0.25) is 9.52 Å². The van der Waals surface area contributed by atoms with Crippen molar-refractivity contribution < 1.29 is 13.2 Å². The summed E-state index contributed by atoms with van der Waals surface area (Å²) in [7, 11) is -3.31. The topological polar surface area (TPSA) is 75.3 Å². The molecule has 0 bridgehead atoms. The third-order valence-corrected chi connectivity index (χ3v) is 5.38. The van der Waals surface area contributed by atoms with Crippen LogP contribution in [0.2, 0.25) is 0 Å². The summed E-state index contributed by atoms with van der Waals surface area (Å²) in [4.78, 5) is 12.2. The predicted octanol–water partition coefficient (Wildman–Crippen LogP) is 4.41. The van der Waals surface area contributed by atoms with Gasteiger partial charge in [0, 0.05) is 24.2 Å². The van der Waals surface area contributed by atoms with Crippen LogP contribution in [0.5, 0.6) is 0 Å². The third-order valence-electron chi connectivity index (χ3n) is 4.78. The molecule has 3 aromatic rings. The maximum absolute atomic E-state index is 12.2. The van der Waals surface area contributed by atoms with E-state index >= 15 is 0 Å². The lowest BCUT2D eigenvalue weighted by atomic mass is 9.88. The number of nitrogens with one attached hydrogen (secondary N) is 2. The van der Waals surface area contributed by atoms with Gasteiger partial charge >= 0.3 is 0 Å². The number of rotatable bonds is 9. The largest absolute Gasteiger partial charge is 0.353 e. The van der Waals surface area contributed by atoms with Gasteiger partial charge in [-0.25, -0.2) is 8.42 Å². The van der Waals surface area contributed by atoms with Crippen molar-refractivity contribution in [2.24, 2.45) is 0 Å². The van der Waals surface area contributed by atoms with Gasteiger partial charge in [-0.15, -0.1) is 0 Å². The van der Waals surface area contributed by atoms with Crippen LogP contribution in [0, 0.1) is 0 Å². The molecule has 0 aromatic heterocycles. The molecule has 0 spiro atoms. The van der Waals surface area contributed by atoms with Crippen molar-refractivity contribution in [3.05, 3.63) is 108 Å². The fourth-order valence-electron chi connectivity index (χ4n) is 3.34. The van der Waals surface area contributed by atoms with Crippen LogP contribution in [0.15, 0.2) is 91.0 Å². The van der Waals surface area contributed by atoms with Crippen LogP contribution in [0.25, 0.3) is 6.08 Å². The van der Waals surface area contributed by atoms with E-state index in [0.29, 0.717) is 12.2 Å². The van der Waals surface area contributed by atoms with E-state index in [1.54, 1.807) is 30.3 Å². The molecule has 0 aliphatic heterocycles. The van der Waals surface area contributed by atoms with Gasteiger partial charge in [0.15, 0.2) is 0 Å². The minimum Gasteiger partial charge on any atom is -0.353 e. The Balaban J connectivity index is 1.56. The molecule has 0 radical (unpaired) electrons. The first-order chi connectivity index (χ1) is 14.9. The van der Waals surface area contributed by atoms with E-state index in [1.807, 2.05) is 36.4 Å². The van der Waals surface area contributed by atoms with Crippen molar-refractivity contribution in [2.75, 3.05) is 17.5 Å². The van der Waals surface area contributed by atoms with Gasteiger partial charge in [0.25, 0.3) is 0 Å². The van der Waals surface area contributed by atoms with E-state index in [-0.39, 0.29) is 11.8 Å². The minimum atomic E-state index is -3.31. The van der Waals surface area contributed by atoms with E-state index in [4.69, 9.17) is 0 Å². The molecule has 3 aromatic carbocycles. The van der Waals surface area contributed by atoms with Gasteiger partial charge in [0.2, 0.25) is 15.9 Å². The summed E-state index contributed by atoms with van der Waals surface area (Å²) in [6, 6.07) is 27.4. The number of carbonyl (C=O) groups excluding carboxylic acids is 1. The van der Waals surface area contributed by atoms with E-state index in [9.17, 15) is 13.2 Å². The number of carbonyl (C=O) groups is 1. The Labute approximate surface area is 183 Å². The lowest BCUT2D eigenvalue weighted by Crippen LogP contribution is -2.23. The number of hydrogen-bond donors (Lipinski definition) is 2. The van der Waals surface area contributed by atoms with Crippen LogP contribution < -0.4 is 10.0 Å². The Hall–Kier alpha value is -3.38. The van der Waals surface area contributed by atoms with Gasteiger partial charge in [0.05, 0.1) is 6.26 Å². The minimum absolute atomic E-state index is 0.168. The van der Waals surface area contributed by atoms with Crippen LogP contribution in [-0.2, 0) is 14.8 Å². The first-order valence-corrected chi connectivity index (χ1v) is 11.9. The first-order valence-electron chi connectivity index (χ1n) is 10.0. The van der Waals surface area contributed by atoms with Crippen molar-refractivity contribution in [2.45, 2.75) is 12.3 Å².